The minimum absolute atomic E-state index is 0.171. The van der Waals surface area contributed by atoms with Crippen LogP contribution in [0.5, 0.6) is 0 Å². The van der Waals surface area contributed by atoms with E-state index >= 15 is 0 Å². The zero-order valence-electron chi connectivity index (χ0n) is 14.6. The third-order valence-electron chi connectivity index (χ3n) is 3.89. The van der Waals surface area contributed by atoms with Crippen molar-refractivity contribution in [2.75, 3.05) is 5.32 Å². The fourth-order valence-corrected chi connectivity index (χ4v) is 2.52. The van der Waals surface area contributed by atoms with Gasteiger partial charge in [-0.25, -0.2) is 0 Å². The van der Waals surface area contributed by atoms with Gasteiger partial charge in [0.2, 0.25) is 0 Å². The van der Waals surface area contributed by atoms with Crippen molar-refractivity contribution in [3.63, 3.8) is 0 Å². The molecular formula is C20H19N3O3. The molecule has 0 aliphatic rings. The molecule has 0 saturated heterocycles. The molecule has 0 atom stereocenters. The van der Waals surface area contributed by atoms with Crippen LogP contribution in [0.3, 0.4) is 0 Å². The summed E-state index contributed by atoms with van der Waals surface area (Å²) >= 11 is 0. The van der Waals surface area contributed by atoms with Gasteiger partial charge in [0.25, 0.3) is 11.8 Å². The normalized spacial score (nSPS) is 10.4. The van der Waals surface area contributed by atoms with Crippen LogP contribution >= 0.6 is 0 Å². The molecule has 0 saturated carbocycles. The molecule has 6 nitrogen and oxygen atoms in total. The van der Waals surface area contributed by atoms with E-state index in [0.29, 0.717) is 11.3 Å². The fraction of sp³-hybridized carbons (Fsp3) is 0.150. The number of rotatable bonds is 5. The summed E-state index contributed by atoms with van der Waals surface area (Å²) < 4.78 is 5.17. The van der Waals surface area contributed by atoms with Crippen LogP contribution in [0.2, 0.25) is 0 Å². The van der Waals surface area contributed by atoms with E-state index in [2.05, 4.69) is 15.6 Å². The maximum atomic E-state index is 12.5. The number of carbonyl (C=O) groups excluding carboxylic acids is 2. The summed E-state index contributed by atoms with van der Waals surface area (Å²) in [5.74, 6) is -0.0240. The Hall–Kier alpha value is -3.41. The van der Waals surface area contributed by atoms with E-state index in [1.165, 1.54) is 18.5 Å². The maximum Gasteiger partial charge on any atom is 0.270 e. The van der Waals surface area contributed by atoms with Crippen LogP contribution in [-0.4, -0.2) is 16.8 Å². The van der Waals surface area contributed by atoms with Crippen molar-refractivity contribution in [3.8, 4) is 0 Å². The maximum absolute atomic E-state index is 12.5. The second kappa shape index (κ2) is 7.65. The van der Waals surface area contributed by atoms with Crippen LogP contribution in [-0.2, 0) is 6.54 Å². The minimum Gasteiger partial charge on any atom is -0.467 e. The first-order valence-electron chi connectivity index (χ1n) is 8.18. The SMILES string of the molecule is Cc1ccc(NC(=O)c2ccnc(C(=O)NCc3ccco3)c2)c(C)c1. The molecule has 0 radical (unpaired) electrons. The molecule has 2 amide bonds. The Balaban J connectivity index is 1.69. The van der Waals surface area contributed by atoms with Gasteiger partial charge >= 0.3 is 0 Å². The van der Waals surface area contributed by atoms with Crippen LogP contribution in [0.15, 0.2) is 59.3 Å². The molecule has 6 heteroatoms. The summed E-state index contributed by atoms with van der Waals surface area (Å²) in [6, 6.07) is 12.3. The summed E-state index contributed by atoms with van der Waals surface area (Å²) in [5, 5.41) is 5.57. The third kappa shape index (κ3) is 4.16. The van der Waals surface area contributed by atoms with Gasteiger partial charge in [0.1, 0.15) is 11.5 Å². The molecule has 3 aromatic rings. The summed E-state index contributed by atoms with van der Waals surface area (Å²) in [7, 11) is 0. The van der Waals surface area contributed by atoms with Gasteiger partial charge in [-0.15, -0.1) is 0 Å². The first-order chi connectivity index (χ1) is 12.5. The molecule has 0 spiro atoms. The number of aryl methyl sites for hydroxylation is 2. The number of benzene rings is 1. The number of hydrogen-bond donors (Lipinski definition) is 2. The summed E-state index contributed by atoms with van der Waals surface area (Å²) in [4.78, 5) is 28.7. The predicted octanol–water partition coefficient (Wildman–Crippen LogP) is 3.47. The van der Waals surface area contributed by atoms with Gasteiger partial charge in [-0.1, -0.05) is 17.7 Å². The van der Waals surface area contributed by atoms with E-state index in [0.717, 1.165) is 16.8 Å². The van der Waals surface area contributed by atoms with E-state index in [1.54, 1.807) is 18.2 Å². The summed E-state index contributed by atoms with van der Waals surface area (Å²) in [6.45, 7) is 4.18. The van der Waals surface area contributed by atoms with Crippen molar-refractivity contribution < 1.29 is 14.0 Å². The molecule has 0 unspecified atom stereocenters. The number of furan rings is 1. The topological polar surface area (TPSA) is 84.2 Å². The van der Waals surface area contributed by atoms with Crippen molar-refractivity contribution >= 4 is 17.5 Å². The van der Waals surface area contributed by atoms with Gasteiger partial charge in [0, 0.05) is 17.4 Å². The summed E-state index contributed by atoms with van der Waals surface area (Å²) in [5.41, 5.74) is 3.37. The molecule has 0 fully saturated rings. The quantitative estimate of drug-likeness (QED) is 0.739. The van der Waals surface area contributed by atoms with Crippen molar-refractivity contribution in [1.82, 2.24) is 10.3 Å². The largest absolute Gasteiger partial charge is 0.467 e. The molecule has 0 aliphatic carbocycles. The average molecular weight is 349 g/mol. The third-order valence-corrected chi connectivity index (χ3v) is 3.89. The predicted molar refractivity (Wildman–Crippen MR) is 98.0 cm³/mol. The van der Waals surface area contributed by atoms with Crippen LogP contribution in [0, 0.1) is 13.8 Å². The van der Waals surface area contributed by atoms with Crippen LogP contribution in [0.1, 0.15) is 37.7 Å². The standard InChI is InChI=1S/C20H19N3O3/c1-13-5-6-17(14(2)10-13)23-19(24)15-7-8-21-18(11-15)20(25)22-12-16-4-3-9-26-16/h3-11H,12H2,1-2H3,(H,22,25)(H,23,24). The number of nitrogens with zero attached hydrogens (tertiary/aromatic N) is 1. The molecule has 2 N–H and O–H groups in total. The van der Waals surface area contributed by atoms with Crippen molar-refractivity contribution in [3.05, 3.63) is 83.1 Å². The van der Waals surface area contributed by atoms with Crippen LogP contribution in [0.25, 0.3) is 0 Å². The highest BCUT2D eigenvalue weighted by molar-refractivity contribution is 6.06. The van der Waals surface area contributed by atoms with E-state index in [9.17, 15) is 9.59 Å². The first kappa shape index (κ1) is 17.4. The molecule has 26 heavy (non-hydrogen) atoms. The number of hydrogen-bond acceptors (Lipinski definition) is 4. The van der Waals surface area contributed by atoms with E-state index in [4.69, 9.17) is 4.42 Å². The average Bonchev–Trinajstić information content (AvgIpc) is 3.15. The second-order valence-corrected chi connectivity index (χ2v) is 5.96. The number of anilines is 1. The lowest BCUT2D eigenvalue weighted by Gasteiger charge is -2.10. The Kier molecular flexibility index (Phi) is 5.12. The Bertz CT molecular complexity index is 933. The van der Waals surface area contributed by atoms with Gasteiger partial charge in [0.15, 0.2) is 0 Å². The lowest BCUT2D eigenvalue weighted by atomic mass is 10.1. The highest BCUT2D eigenvalue weighted by Gasteiger charge is 2.13. The lowest BCUT2D eigenvalue weighted by Crippen LogP contribution is -2.24. The van der Waals surface area contributed by atoms with Gasteiger partial charge in [0.05, 0.1) is 12.8 Å². The molecule has 0 bridgehead atoms. The van der Waals surface area contributed by atoms with Crippen molar-refractivity contribution in [2.45, 2.75) is 20.4 Å². The highest BCUT2D eigenvalue weighted by Crippen LogP contribution is 2.17. The number of pyridine rings is 1. The van der Waals surface area contributed by atoms with E-state index in [-0.39, 0.29) is 24.1 Å². The Morgan fingerprint density at radius 3 is 2.65 bits per heavy atom. The molecule has 2 heterocycles. The van der Waals surface area contributed by atoms with Crippen LogP contribution < -0.4 is 10.6 Å². The van der Waals surface area contributed by atoms with Crippen molar-refractivity contribution in [1.29, 1.82) is 0 Å². The van der Waals surface area contributed by atoms with Crippen molar-refractivity contribution in [2.24, 2.45) is 0 Å². The second-order valence-electron chi connectivity index (χ2n) is 5.96. The molecule has 0 aliphatic heterocycles. The van der Waals surface area contributed by atoms with E-state index in [1.807, 2.05) is 32.0 Å². The fourth-order valence-electron chi connectivity index (χ4n) is 2.52. The number of carbonyl (C=O) groups is 2. The Morgan fingerprint density at radius 2 is 1.92 bits per heavy atom. The zero-order valence-corrected chi connectivity index (χ0v) is 14.6. The zero-order chi connectivity index (χ0) is 18.5. The molecule has 132 valence electrons. The number of nitrogens with one attached hydrogen (secondary N) is 2. The smallest absolute Gasteiger partial charge is 0.270 e. The first-order valence-corrected chi connectivity index (χ1v) is 8.18. The number of amides is 2. The Labute approximate surface area is 151 Å². The van der Waals surface area contributed by atoms with Crippen LogP contribution in [0.4, 0.5) is 5.69 Å². The molecule has 3 rings (SSSR count). The monoisotopic (exact) mass is 349 g/mol. The highest BCUT2D eigenvalue weighted by atomic mass is 16.3. The number of aromatic nitrogens is 1. The molecule has 2 aromatic heterocycles. The Morgan fingerprint density at radius 1 is 1.08 bits per heavy atom. The lowest BCUT2D eigenvalue weighted by molar-refractivity contribution is 0.0943. The van der Waals surface area contributed by atoms with Gasteiger partial charge in [-0.05, 0) is 49.7 Å². The summed E-state index contributed by atoms with van der Waals surface area (Å²) in [6.07, 6.45) is 2.98. The van der Waals surface area contributed by atoms with E-state index < -0.39 is 0 Å². The van der Waals surface area contributed by atoms with Gasteiger partial charge < -0.3 is 15.1 Å². The van der Waals surface area contributed by atoms with Gasteiger partial charge in [-0.3, -0.25) is 14.6 Å². The molecule has 1 aromatic carbocycles. The minimum atomic E-state index is -0.373. The van der Waals surface area contributed by atoms with Gasteiger partial charge in [-0.2, -0.15) is 0 Å². The molecular weight excluding hydrogens is 330 g/mol.